The average Bonchev–Trinajstić information content (AvgIpc) is 2.48. The Kier molecular flexibility index (Phi) is 8.58. The Labute approximate surface area is 123 Å². The summed E-state index contributed by atoms with van der Waals surface area (Å²) in [7, 11) is 0. The van der Waals surface area contributed by atoms with E-state index >= 15 is 0 Å². The molecule has 0 aliphatic rings. The summed E-state index contributed by atoms with van der Waals surface area (Å²) in [6.45, 7) is 7.98. The maximum Gasteiger partial charge on any atom is 0.119 e. The molecule has 0 aromatic heterocycles. The topological polar surface area (TPSA) is 21.3 Å². The molecule has 1 aromatic carbocycles. The first kappa shape index (κ1) is 16.6. The lowest BCUT2D eigenvalue weighted by atomic mass is 10.0. The molecule has 2 heteroatoms. The monoisotopic (exact) mass is 273 g/mol. The van der Waals surface area contributed by atoms with Crippen LogP contribution in [0, 0.1) is 11.8 Å². The number of ether oxygens (including phenoxy) is 1. The van der Waals surface area contributed by atoms with E-state index in [1.54, 1.807) is 0 Å². The smallest absolute Gasteiger partial charge is 0.119 e. The van der Waals surface area contributed by atoms with Crippen molar-refractivity contribution in [3.8, 4) is 17.6 Å². The zero-order valence-corrected chi connectivity index (χ0v) is 13.0. The summed E-state index contributed by atoms with van der Waals surface area (Å²) in [5.41, 5.74) is 1.31. The van der Waals surface area contributed by atoms with Crippen LogP contribution in [0.25, 0.3) is 0 Å². The van der Waals surface area contributed by atoms with Gasteiger partial charge in [-0.25, -0.2) is 0 Å². The molecule has 0 bridgehead atoms. The van der Waals surface area contributed by atoms with Crippen LogP contribution in [0.4, 0.5) is 0 Å². The van der Waals surface area contributed by atoms with Gasteiger partial charge in [-0.2, -0.15) is 0 Å². The maximum absolute atomic E-state index is 5.70. The van der Waals surface area contributed by atoms with Gasteiger partial charge in [-0.3, -0.25) is 0 Å². The van der Waals surface area contributed by atoms with Crippen LogP contribution >= 0.6 is 0 Å². The lowest BCUT2D eigenvalue weighted by Crippen LogP contribution is -2.20. The maximum atomic E-state index is 5.70. The molecule has 0 radical (unpaired) electrons. The Bertz CT molecular complexity index is 413. The molecule has 1 rings (SSSR count). The number of unbranched alkanes of at least 4 members (excludes halogenated alkanes) is 1. The van der Waals surface area contributed by atoms with Crippen molar-refractivity contribution < 1.29 is 4.74 Å². The molecule has 0 fully saturated rings. The van der Waals surface area contributed by atoms with Crippen molar-refractivity contribution in [2.45, 2.75) is 52.5 Å². The predicted molar refractivity (Wildman–Crippen MR) is 85.9 cm³/mol. The van der Waals surface area contributed by atoms with E-state index < -0.39 is 0 Å². The minimum Gasteiger partial charge on any atom is -0.494 e. The molecule has 20 heavy (non-hydrogen) atoms. The van der Waals surface area contributed by atoms with Crippen molar-refractivity contribution >= 4 is 0 Å². The summed E-state index contributed by atoms with van der Waals surface area (Å²) < 4.78 is 5.70. The van der Waals surface area contributed by atoms with Crippen LogP contribution in [0.3, 0.4) is 0 Å². The molecule has 1 unspecified atom stereocenters. The predicted octanol–water partition coefficient (Wildman–Crippen LogP) is 4.32. The molecule has 1 aromatic rings. The summed E-state index contributed by atoms with van der Waals surface area (Å²) in [5, 5.41) is 3.52. The van der Waals surface area contributed by atoms with Crippen LogP contribution in [0.2, 0.25) is 0 Å². The number of hydrogen-bond donors (Lipinski definition) is 1. The minimum absolute atomic E-state index is 0.380. The molecule has 1 atom stereocenters. The van der Waals surface area contributed by atoms with E-state index in [0.29, 0.717) is 6.04 Å². The zero-order chi connectivity index (χ0) is 14.6. The highest BCUT2D eigenvalue weighted by atomic mass is 16.5. The molecule has 0 heterocycles. The van der Waals surface area contributed by atoms with Gasteiger partial charge in [-0.1, -0.05) is 32.4 Å². The first-order valence-electron chi connectivity index (χ1n) is 7.67. The highest BCUT2D eigenvalue weighted by molar-refractivity contribution is 5.29. The summed E-state index contributed by atoms with van der Waals surface area (Å²) in [4.78, 5) is 0. The molecule has 1 N–H and O–H groups in total. The van der Waals surface area contributed by atoms with E-state index in [1.165, 1.54) is 12.0 Å². The quantitative estimate of drug-likeness (QED) is 0.534. The molecule has 0 aliphatic heterocycles. The van der Waals surface area contributed by atoms with E-state index in [4.69, 9.17) is 4.74 Å². The van der Waals surface area contributed by atoms with Gasteiger partial charge in [0, 0.05) is 12.5 Å². The average molecular weight is 273 g/mol. The Morgan fingerprint density at radius 1 is 1.20 bits per heavy atom. The van der Waals surface area contributed by atoms with Gasteiger partial charge < -0.3 is 10.1 Å². The molecule has 0 saturated carbocycles. The number of benzene rings is 1. The van der Waals surface area contributed by atoms with Crippen molar-refractivity contribution in [1.29, 1.82) is 0 Å². The van der Waals surface area contributed by atoms with Crippen molar-refractivity contribution in [1.82, 2.24) is 5.32 Å². The van der Waals surface area contributed by atoms with Crippen LogP contribution in [0.5, 0.6) is 5.75 Å². The number of hydrogen-bond acceptors (Lipinski definition) is 2. The molecule has 0 spiro atoms. The van der Waals surface area contributed by atoms with Crippen molar-refractivity contribution in [2.24, 2.45) is 0 Å². The van der Waals surface area contributed by atoms with E-state index in [-0.39, 0.29) is 0 Å². The third kappa shape index (κ3) is 6.12. The Hall–Kier alpha value is -1.46. The second kappa shape index (κ2) is 10.3. The van der Waals surface area contributed by atoms with Crippen LogP contribution in [-0.2, 0) is 0 Å². The largest absolute Gasteiger partial charge is 0.494 e. The Morgan fingerprint density at radius 2 is 1.95 bits per heavy atom. The van der Waals surface area contributed by atoms with E-state index in [0.717, 1.165) is 38.2 Å². The number of nitrogens with one attached hydrogen (secondary N) is 1. The van der Waals surface area contributed by atoms with Gasteiger partial charge in [0.1, 0.15) is 5.75 Å². The molecule has 0 aliphatic carbocycles. The first-order valence-corrected chi connectivity index (χ1v) is 7.67. The molecule has 0 amide bonds. The van der Waals surface area contributed by atoms with Gasteiger partial charge >= 0.3 is 0 Å². The lowest BCUT2D eigenvalue weighted by molar-refractivity contribution is 0.309. The van der Waals surface area contributed by atoms with E-state index in [2.05, 4.69) is 55.3 Å². The van der Waals surface area contributed by atoms with E-state index in [1.807, 2.05) is 6.92 Å². The summed E-state index contributed by atoms with van der Waals surface area (Å²) >= 11 is 0. The van der Waals surface area contributed by atoms with Crippen LogP contribution in [-0.4, -0.2) is 13.2 Å². The summed E-state index contributed by atoms with van der Waals surface area (Å²) in [5.74, 6) is 7.06. The zero-order valence-electron chi connectivity index (χ0n) is 13.0. The SMILES string of the molecule is CC#CCCC(NCC)c1ccc(OCCCC)cc1. The minimum atomic E-state index is 0.380. The fourth-order valence-corrected chi connectivity index (χ4v) is 2.11. The van der Waals surface area contributed by atoms with Crippen molar-refractivity contribution in [3.05, 3.63) is 29.8 Å². The Morgan fingerprint density at radius 3 is 2.55 bits per heavy atom. The van der Waals surface area contributed by atoms with E-state index in [9.17, 15) is 0 Å². The second-order valence-corrected chi connectivity index (χ2v) is 4.85. The number of rotatable bonds is 9. The van der Waals surface area contributed by atoms with Gasteiger partial charge in [-0.15, -0.1) is 11.8 Å². The van der Waals surface area contributed by atoms with Gasteiger partial charge in [0.05, 0.1) is 6.61 Å². The summed E-state index contributed by atoms with van der Waals surface area (Å²) in [6, 6.07) is 8.84. The molecule has 2 nitrogen and oxygen atoms in total. The lowest BCUT2D eigenvalue weighted by Gasteiger charge is -2.17. The normalized spacial score (nSPS) is 11.6. The van der Waals surface area contributed by atoms with Crippen LogP contribution < -0.4 is 10.1 Å². The molecule has 0 saturated heterocycles. The van der Waals surface area contributed by atoms with Gasteiger partial charge in [-0.05, 0) is 44.0 Å². The van der Waals surface area contributed by atoms with Gasteiger partial charge in [0.15, 0.2) is 0 Å². The van der Waals surface area contributed by atoms with Gasteiger partial charge in [0.25, 0.3) is 0 Å². The molecular formula is C18H27NO. The molecular weight excluding hydrogens is 246 g/mol. The summed E-state index contributed by atoms with van der Waals surface area (Å²) in [6.07, 6.45) is 4.25. The fourth-order valence-electron chi connectivity index (χ4n) is 2.11. The second-order valence-electron chi connectivity index (χ2n) is 4.85. The fraction of sp³-hybridized carbons (Fsp3) is 0.556. The van der Waals surface area contributed by atoms with Crippen molar-refractivity contribution in [3.63, 3.8) is 0 Å². The van der Waals surface area contributed by atoms with Crippen LogP contribution in [0.15, 0.2) is 24.3 Å². The highest BCUT2D eigenvalue weighted by Gasteiger charge is 2.09. The highest BCUT2D eigenvalue weighted by Crippen LogP contribution is 2.21. The molecule has 110 valence electrons. The van der Waals surface area contributed by atoms with Crippen molar-refractivity contribution in [2.75, 3.05) is 13.2 Å². The van der Waals surface area contributed by atoms with Gasteiger partial charge in [0.2, 0.25) is 0 Å². The Balaban J connectivity index is 2.58. The third-order valence-electron chi connectivity index (χ3n) is 3.23. The third-order valence-corrected chi connectivity index (χ3v) is 3.23. The first-order chi connectivity index (χ1) is 9.81. The standard InChI is InChI=1S/C18H27NO/c1-4-7-9-10-18(19-6-3)16-11-13-17(14-12-16)20-15-8-5-2/h11-14,18-19H,5-6,8-10,15H2,1-3H3. The van der Waals surface area contributed by atoms with Crippen LogP contribution in [0.1, 0.15) is 58.1 Å².